The van der Waals surface area contributed by atoms with Crippen molar-refractivity contribution in [2.75, 3.05) is 0 Å². The Morgan fingerprint density at radius 2 is 0.841 bits per heavy atom. The standard InChI is InChI=1S/C42H35S2/c1-41(2)37-16-10-8-14-33(37)35-24-20-29(26-39(35)41)43-28-18-21-31(22-19-28)44(30-12-6-5-7-13-30)32-23-25-36-34-15-9-11-17-38(34)42(3,4)40(36)27-32/h5-27H,1-4H3/q+1. The van der Waals surface area contributed by atoms with E-state index in [0.29, 0.717) is 0 Å². The minimum absolute atomic E-state index is 0.0139. The summed E-state index contributed by atoms with van der Waals surface area (Å²) in [6.07, 6.45) is 0. The summed E-state index contributed by atoms with van der Waals surface area (Å²) < 4.78 is 0. The molecule has 0 radical (unpaired) electrons. The Morgan fingerprint density at radius 3 is 1.48 bits per heavy atom. The molecular formula is C42H35S2+. The van der Waals surface area contributed by atoms with Gasteiger partial charge in [-0.05, 0) is 111 Å². The third-order valence-electron chi connectivity index (χ3n) is 9.62. The zero-order valence-corrected chi connectivity index (χ0v) is 27.2. The second kappa shape index (κ2) is 10.3. The van der Waals surface area contributed by atoms with E-state index in [4.69, 9.17) is 0 Å². The van der Waals surface area contributed by atoms with Gasteiger partial charge in [0.25, 0.3) is 0 Å². The molecule has 0 N–H and O–H groups in total. The van der Waals surface area contributed by atoms with Crippen LogP contribution >= 0.6 is 11.8 Å². The number of rotatable bonds is 5. The van der Waals surface area contributed by atoms with Gasteiger partial charge in [0.2, 0.25) is 0 Å². The molecule has 0 saturated heterocycles. The first-order valence-corrected chi connectivity index (χ1v) is 17.4. The van der Waals surface area contributed by atoms with Gasteiger partial charge in [-0.1, -0.05) is 112 Å². The highest BCUT2D eigenvalue weighted by molar-refractivity contribution is 7.99. The molecular weight excluding hydrogens is 569 g/mol. The Balaban J connectivity index is 1.13. The second-order valence-corrected chi connectivity index (χ2v) is 16.1. The number of benzene rings is 6. The van der Waals surface area contributed by atoms with Gasteiger partial charge < -0.3 is 0 Å². The van der Waals surface area contributed by atoms with Crippen molar-refractivity contribution in [2.45, 2.75) is 63.0 Å². The minimum atomic E-state index is -0.203. The van der Waals surface area contributed by atoms with E-state index < -0.39 is 0 Å². The molecule has 2 aliphatic rings. The Hall–Kier alpha value is -3.98. The highest BCUT2D eigenvalue weighted by Crippen LogP contribution is 2.51. The number of hydrogen-bond donors (Lipinski definition) is 0. The minimum Gasteiger partial charge on any atom is -0.0901 e. The largest absolute Gasteiger partial charge is 0.166 e. The molecule has 0 amide bonds. The molecule has 0 aliphatic heterocycles. The molecule has 214 valence electrons. The highest BCUT2D eigenvalue weighted by Gasteiger charge is 2.38. The quantitative estimate of drug-likeness (QED) is 0.177. The van der Waals surface area contributed by atoms with Crippen LogP contribution in [0.1, 0.15) is 49.9 Å². The lowest BCUT2D eigenvalue weighted by molar-refractivity contribution is 0.658. The summed E-state index contributed by atoms with van der Waals surface area (Å²) in [7, 11) is -0.203. The predicted octanol–water partition coefficient (Wildman–Crippen LogP) is 11.5. The Labute approximate surface area is 268 Å². The van der Waals surface area contributed by atoms with Gasteiger partial charge in [0, 0.05) is 20.6 Å². The van der Waals surface area contributed by atoms with Gasteiger partial charge in [0.1, 0.15) is 0 Å². The lowest BCUT2D eigenvalue weighted by atomic mass is 9.82. The number of hydrogen-bond acceptors (Lipinski definition) is 1. The third kappa shape index (κ3) is 4.30. The SMILES string of the molecule is CC1(C)c2ccccc2-c2ccc(Sc3ccc([S+](c4ccccc4)c4ccc5c(c4)C(C)(C)c4ccccc4-5)cc3)cc21. The van der Waals surface area contributed by atoms with Gasteiger partial charge in [0.05, 0.1) is 10.9 Å². The molecule has 0 nitrogen and oxygen atoms in total. The van der Waals surface area contributed by atoms with Gasteiger partial charge >= 0.3 is 0 Å². The van der Waals surface area contributed by atoms with E-state index in [9.17, 15) is 0 Å². The topological polar surface area (TPSA) is 0 Å². The predicted molar refractivity (Wildman–Crippen MR) is 187 cm³/mol. The Kier molecular flexibility index (Phi) is 6.45. The smallest absolute Gasteiger partial charge is 0.0901 e. The molecule has 6 aromatic rings. The molecule has 0 bridgehead atoms. The van der Waals surface area contributed by atoms with Crippen molar-refractivity contribution in [1.82, 2.24) is 0 Å². The van der Waals surface area contributed by atoms with Gasteiger partial charge in [-0.3, -0.25) is 0 Å². The van der Waals surface area contributed by atoms with Crippen molar-refractivity contribution in [2.24, 2.45) is 0 Å². The summed E-state index contributed by atoms with van der Waals surface area (Å²) in [5, 5.41) is 0. The van der Waals surface area contributed by atoms with E-state index in [1.165, 1.54) is 69.0 Å². The van der Waals surface area contributed by atoms with Gasteiger partial charge in [-0.2, -0.15) is 0 Å². The van der Waals surface area contributed by atoms with Crippen LogP contribution in [0.15, 0.2) is 164 Å². The van der Waals surface area contributed by atoms with Crippen LogP contribution in [-0.4, -0.2) is 0 Å². The monoisotopic (exact) mass is 603 g/mol. The molecule has 2 heteroatoms. The van der Waals surface area contributed by atoms with Crippen molar-refractivity contribution in [3.8, 4) is 22.3 Å². The first-order valence-electron chi connectivity index (χ1n) is 15.4. The Bertz CT molecular complexity index is 2030. The maximum Gasteiger partial charge on any atom is 0.166 e. The fourth-order valence-electron chi connectivity index (χ4n) is 7.30. The van der Waals surface area contributed by atoms with E-state index >= 15 is 0 Å². The molecule has 44 heavy (non-hydrogen) atoms. The first kappa shape index (κ1) is 27.6. The summed E-state index contributed by atoms with van der Waals surface area (Å²) in [5.74, 6) is 0. The summed E-state index contributed by atoms with van der Waals surface area (Å²) in [4.78, 5) is 6.63. The highest BCUT2D eigenvalue weighted by atomic mass is 32.2. The molecule has 1 unspecified atom stereocenters. The average molecular weight is 604 g/mol. The lowest BCUT2D eigenvalue weighted by Gasteiger charge is -2.22. The molecule has 0 spiro atoms. The molecule has 0 saturated carbocycles. The van der Waals surface area contributed by atoms with Gasteiger partial charge in [-0.15, -0.1) is 0 Å². The van der Waals surface area contributed by atoms with Crippen molar-refractivity contribution in [3.63, 3.8) is 0 Å². The fourth-order valence-corrected chi connectivity index (χ4v) is 10.3. The van der Waals surface area contributed by atoms with Crippen LogP contribution in [0.3, 0.4) is 0 Å². The molecule has 6 aromatic carbocycles. The molecule has 0 aromatic heterocycles. The van der Waals surface area contributed by atoms with E-state index in [-0.39, 0.29) is 21.7 Å². The van der Waals surface area contributed by atoms with Crippen LogP contribution in [0.25, 0.3) is 22.3 Å². The van der Waals surface area contributed by atoms with Crippen molar-refractivity contribution in [1.29, 1.82) is 0 Å². The van der Waals surface area contributed by atoms with E-state index in [1.54, 1.807) is 0 Å². The zero-order chi connectivity index (χ0) is 30.1. The van der Waals surface area contributed by atoms with Crippen LogP contribution in [0.4, 0.5) is 0 Å². The van der Waals surface area contributed by atoms with E-state index in [1.807, 2.05) is 11.8 Å². The van der Waals surface area contributed by atoms with Crippen molar-refractivity contribution >= 4 is 22.7 Å². The lowest BCUT2D eigenvalue weighted by Crippen LogP contribution is -2.16. The summed E-state index contributed by atoms with van der Waals surface area (Å²) in [6.45, 7) is 9.44. The Morgan fingerprint density at radius 1 is 0.386 bits per heavy atom. The van der Waals surface area contributed by atoms with E-state index in [2.05, 4.69) is 167 Å². The van der Waals surface area contributed by atoms with Crippen LogP contribution < -0.4 is 0 Å². The summed E-state index contributed by atoms with van der Waals surface area (Å²) in [5.41, 5.74) is 11.2. The van der Waals surface area contributed by atoms with Crippen molar-refractivity contribution < 1.29 is 0 Å². The number of fused-ring (bicyclic) bond motifs is 6. The molecule has 2 aliphatic carbocycles. The van der Waals surface area contributed by atoms with Crippen LogP contribution in [0, 0.1) is 0 Å². The van der Waals surface area contributed by atoms with Gasteiger partial charge in [0.15, 0.2) is 14.7 Å². The van der Waals surface area contributed by atoms with Crippen molar-refractivity contribution in [3.05, 3.63) is 162 Å². The molecule has 0 fully saturated rings. The molecule has 1 atom stereocenters. The zero-order valence-electron chi connectivity index (χ0n) is 25.6. The van der Waals surface area contributed by atoms with Crippen LogP contribution in [0.5, 0.6) is 0 Å². The summed E-state index contributed by atoms with van der Waals surface area (Å²) in [6, 6.07) is 52.3. The normalized spacial score (nSPS) is 15.6. The fraction of sp³-hybridized carbons (Fsp3) is 0.143. The van der Waals surface area contributed by atoms with Gasteiger partial charge in [-0.25, -0.2) is 0 Å². The average Bonchev–Trinajstić information content (AvgIpc) is 3.42. The maximum absolute atomic E-state index is 2.48. The molecule has 8 rings (SSSR count). The van der Waals surface area contributed by atoms with E-state index in [0.717, 1.165) is 0 Å². The first-order chi connectivity index (χ1) is 21.3. The summed E-state index contributed by atoms with van der Waals surface area (Å²) >= 11 is 1.86. The third-order valence-corrected chi connectivity index (χ3v) is 12.8. The molecule has 0 heterocycles. The maximum atomic E-state index is 2.48. The second-order valence-electron chi connectivity index (χ2n) is 12.9. The van der Waals surface area contributed by atoms with Crippen LogP contribution in [-0.2, 0) is 21.7 Å². The van der Waals surface area contributed by atoms with Crippen LogP contribution in [0.2, 0.25) is 0 Å².